The normalized spacial score (nSPS) is 10.6. The molecule has 0 saturated heterocycles. The van der Waals surface area contributed by atoms with Crippen LogP contribution < -0.4 is 4.74 Å². The summed E-state index contributed by atoms with van der Waals surface area (Å²) in [4.78, 5) is 0. The van der Waals surface area contributed by atoms with Gasteiger partial charge in [-0.2, -0.15) is 0 Å². The van der Waals surface area contributed by atoms with E-state index in [1.165, 1.54) is 0 Å². The Bertz CT molecular complexity index is 356. The van der Waals surface area contributed by atoms with Crippen molar-refractivity contribution in [2.75, 3.05) is 19.8 Å². The number of hydrogen-bond acceptors (Lipinski definition) is 2. The van der Waals surface area contributed by atoms with Crippen molar-refractivity contribution in [1.29, 1.82) is 0 Å². The second-order valence-corrected chi connectivity index (χ2v) is 4.52. The van der Waals surface area contributed by atoms with Gasteiger partial charge in [0.2, 0.25) is 0 Å². The van der Waals surface area contributed by atoms with E-state index >= 15 is 0 Å². The van der Waals surface area contributed by atoms with Crippen molar-refractivity contribution in [3.05, 3.63) is 27.7 Å². The summed E-state index contributed by atoms with van der Waals surface area (Å²) in [6, 6.07) is 3.41. The summed E-state index contributed by atoms with van der Waals surface area (Å²) in [5.41, 5.74) is 0.806. The lowest BCUT2D eigenvalue weighted by Gasteiger charge is -2.12. The molecule has 17 heavy (non-hydrogen) atoms. The van der Waals surface area contributed by atoms with E-state index in [9.17, 15) is 0 Å². The topological polar surface area (TPSA) is 18.5 Å². The third-order valence-electron chi connectivity index (χ3n) is 2.11. The number of hydrogen-bond donors (Lipinski definition) is 0. The van der Waals surface area contributed by atoms with Gasteiger partial charge in [0, 0.05) is 30.2 Å². The van der Waals surface area contributed by atoms with Crippen LogP contribution in [0.2, 0.25) is 10.0 Å². The first-order valence-corrected chi connectivity index (χ1v) is 6.72. The fraction of sp³-hybridized carbons (Fsp3) is 0.500. The molecule has 0 atom stereocenters. The molecule has 0 bridgehead atoms. The molecule has 0 radical (unpaired) electrons. The first-order chi connectivity index (χ1) is 8.19. The molecule has 1 aromatic rings. The zero-order chi connectivity index (χ0) is 12.7. The molecule has 0 aliphatic rings. The predicted octanol–water partition coefficient (Wildman–Crippen LogP) is 4.54. The zero-order valence-corrected chi connectivity index (χ0v) is 11.9. The van der Waals surface area contributed by atoms with Crippen LogP contribution in [0.4, 0.5) is 0 Å². The summed E-state index contributed by atoms with van der Waals surface area (Å²) in [6.45, 7) is 3.90. The Balaban J connectivity index is 2.57. The smallest absolute Gasteiger partial charge is 0.142 e. The molecule has 0 unspecified atom stereocenters. The van der Waals surface area contributed by atoms with Gasteiger partial charge in [0.25, 0.3) is 0 Å². The van der Waals surface area contributed by atoms with Gasteiger partial charge in [0.1, 0.15) is 5.75 Å². The zero-order valence-electron chi connectivity index (χ0n) is 9.64. The van der Waals surface area contributed by atoms with Crippen LogP contribution in [-0.4, -0.2) is 19.8 Å². The lowest BCUT2D eigenvalue weighted by molar-refractivity contribution is 0.130. The van der Waals surface area contributed by atoms with Gasteiger partial charge in [-0.15, -0.1) is 11.6 Å². The molecular weight excluding hydrogens is 282 g/mol. The highest BCUT2D eigenvalue weighted by Crippen LogP contribution is 2.33. The van der Waals surface area contributed by atoms with Crippen LogP contribution >= 0.6 is 34.8 Å². The number of ether oxygens (including phenoxy) is 2. The van der Waals surface area contributed by atoms with Crippen molar-refractivity contribution in [2.45, 2.75) is 19.2 Å². The molecule has 1 rings (SSSR count). The van der Waals surface area contributed by atoms with Gasteiger partial charge in [0.15, 0.2) is 0 Å². The fourth-order valence-corrected chi connectivity index (χ4v) is 2.14. The molecule has 0 N–H and O–H groups in total. The van der Waals surface area contributed by atoms with Crippen LogP contribution in [0, 0.1) is 0 Å². The lowest BCUT2D eigenvalue weighted by atomic mass is 10.2. The molecule has 0 spiro atoms. The number of benzene rings is 1. The summed E-state index contributed by atoms with van der Waals surface area (Å²) in [5, 5.41) is 1.05. The molecule has 96 valence electrons. The third-order valence-corrected chi connectivity index (χ3v) is 2.90. The van der Waals surface area contributed by atoms with E-state index in [-0.39, 0.29) is 0 Å². The van der Waals surface area contributed by atoms with Crippen molar-refractivity contribution >= 4 is 34.8 Å². The Morgan fingerprint density at radius 3 is 2.59 bits per heavy atom. The quantitative estimate of drug-likeness (QED) is 0.543. The van der Waals surface area contributed by atoms with Crippen molar-refractivity contribution in [2.24, 2.45) is 0 Å². The minimum Gasteiger partial charge on any atom is -0.492 e. The van der Waals surface area contributed by atoms with Crippen LogP contribution in [0.15, 0.2) is 12.1 Å². The third kappa shape index (κ3) is 4.92. The minimum atomic E-state index is 0.321. The highest BCUT2D eigenvalue weighted by molar-refractivity contribution is 6.35. The van der Waals surface area contributed by atoms with E-state index in [2.05, 4.69) is 0 Å². The first kappa shape index (κ1) is 14.9. The SMILES string of the molecule is CCOCCCOc1c(Cl)cc(Cl)cc1CCl. The van der Waals surface area contributed by atoms with E-state index in [0.29, 0.717) is 41.5 Å². The highest BCUT2D eigenvalue weighted by Gasteiger charge is 2.09. The van der Waals surface area contributed by atoms with Crippen LogP contribution in [0.3, 0.4) is 0 Å². The van der Waals surface area contributed by atoms with E-state index < -0.39 is 0 Å². The first-order valence-electron chi connectivity index (χ1n) is 5.43. The molecular formula is C12H15Cl3O2. The van der Waals surface area contributed by atoms with Crippen LogP contribution in [0.5, 0.6) is 5.75 Å². The molecule has 0 aromatic heterocycles. The van der Waals surface area contributed by atoms with Gasteiger partial charge in [0.05, 0.1) is 17.5 Å². The van der Waals surface area contributed by atoms with Crippen molar-refractivity contribution in [3.8, 4) is 5.75 Å². The Labute approximate surface area is 117 Å². The van der Waals surface area contributed by atoms with E-state index in [4.69, 9.17) is 44.3 Å². The van der Waals surface area contributed by atoms with Gasteiger partial charge < -0.3 is 9.47 Å². The Hall–Kier alpha value is -0.150. The summed E-state index contributed by atoms with van der Waals surface area (Å²) in [5.74, 6) is 0.934. The van der Waals surface area contributed by atoms with E-state index in [1.807, 2.05) is 6.92 Å². The van der Waals surface area contributed by atoms with Gasteiger partial charge >= 0.3 is 0 Å². The second kappa shape index (κ2) is 8.04. The number of halogens is 3. The summed E-state index contributed by atoms with van der Waals surface area (Å²) < 4.78 is 10.8. The maximum absolute atomic E-state index is 6.05. The highest BCUT2D eigenvalue weighted by atomic mass is 35.5. The molecule has 2 nitrogen and oxygen atoms in total. The van der Waals surface area contributed by atoms with Crippen molar-refractivity contribution in [1.82, 2.24) is 0 Å². The van der Waals surface area contributed by atoms with E-state index in [1.54, 1.807) is 12.1 Å². The second-order valence-electron chi connectivity index (χ2n) is 3.41. The number of alkyl halides is 1. The van der Waals surface area contributed by atoms with Crippen LogP contribution in [-0.2, 0) is 10.6 Å². The predicted molar refractivity (Wildman–Crippen MR) is 72.6 cm³/mol. The average molecular weight is 298 g/mol. The average Bonchev–Trinajstić information content (AvgIpc) is 2.30. The molecule has 0 heterocycles. The monoisotopic (exact) mass is 296 g/mol. The Kier molecular flexibility index (Phi) is 7.05. The van der Waals surface area contributed by atoms with Crippen molar-refractivity contribution in [3.63, 3.8) is 0 Å². The molecule has 0 aliphatic heterocycles. The molecule has 0 aliphatic carbocycles. The Morgan fingerprint density at radius 1 is 1.18 bits per heavy atom. The largest absolute Gasteiger partial charge is 0.492 e. The van der Waals surface area contributed by atoms with E-state index in [0.717, 1.165) is 12.0 Å². The minimum absolute atomic E-state index is 0.321. The van der Waals surface area contributed by atoms with Gasteiger partial charge in [-0.25, -0.2) is 0 Å². The van der Waals surface area contributed by atoms with Crippen LogP contribution in [0.25, 0.3) is 0 Å². The van der Waals surface area contributed by atoms with Gasteiger partial charge in [-0.05, 0) is 19.1 Å². The summed E-state index contributed by atoms with van der Waals surface area (Å²) in [6.07, 6.45) is 0.814. The molecule has 1 aromatic carbocycles. The molecule has 0 amide bonds. The maximum atomic E-state index is 6.05. The molecule has 0 fully saturated rings. The van der Waals surface area contributed by atoms with Crippen LogP contribution in [0.1, 0.15) is 18.9 Å². The molecule has 0 saturated carbocycles. The maximum Gasteiger partial charge on any atom is 0.142 e. The van der Waals surface area contributed by atoms with Gasteiger partial charge in [-0.1, -0.05) is 23.2 Å². The summed E-state index contributed by atoms with van der Waals surface area (Å²) in [7, 11) is 0. The van der Waals surface area contributed by atoms with Crippen molar-refractivity contribution < 1.29 is 9.47 Å². The number of rotatable bonds is 7. The Morgan fingerprint density at radius 2 is 1.94 bits per heavy atom. The standard InChI is InChI=1S/C12H15Cl3O2/c1-2-16-4-3-5-17-12-9(8-13)6-10(14)7-11(12)15/h6-7H,2-5,8H2,1H3. The van der Waals surface area contributed by atoms with Gasteiger partial charge in [-0.3, -0.25) is 0 Å². The summed E-state index contributed by atoms with van der Waals surface area (Å²) >= 11 is 17.8. The molecule has 5 heteroatoms. The fourth-order valence-electron chi connectivity index (χ4n) is 1.35. The lowest BCUT2D eigenvalue weighted by Crippen LogP contribution is -2.04.